The Labute approximate surface area is 100 Å². The van der Waals surface area contributed by atoms with Crippen LogP contribution in [-0.2, 0) is 0 Å². The van der Waals surface area contributed by atoms with Crippen LogP contribution in [0.4, 0.5) is 4.39 Å². The highest BCUT2D eigenvalue weighted by Gasteiger charge is 2.20. The monoisotopic (exact) mass is 236 g/mol. The number of hydrogen-bond donors (Lipinski definition) is 1. The molecule has 1 aliphatic rings. The predicted molar refractivity (Wildman–Crippen MR) is 63.9 cm³/mol. The molecule has 2 rings (SSSR count). The molecule has 1 aromatic rings. The predicted octanol–water partition coefficient (Wildman–Crippen LogP) is 3.88. The van der Waals surface area contributed by atoms with Gasteiger partial charge in [-0.1, -0.05) is 25.3 Å². The van der Waals surface area contributed by atoms with Gasteiger partial charge in [0.25, 0.3) is 0 Å². The first-order chi connectivity index (χ1) is 8.09. The van der Waals surface area contributed by atoms with Crippen LogP contribution in [0.3, 0.4) is 0 Å². The SMILES string of the molecule is Cc1cc(C2CCCCC2)cc(F)c1C(=O)O. The molecule has 0 radical (unpaired) electrons. The topological polar surface area (TPSA) is 37.3 Å². The zero-order valence-corrected chi connectivity index (χ0v) is 10.0. The largest absolute Gasteiger partial charge is 0.478 e. The third kappa shape index (κ3) is 2.48. The van der Waals surface area contributed by atoms with Crippen molar-refractivity contribution >= 4 is 5.97 Å². The van der Waals surface area contributed by atoms with E-state index in [9.17, 15) is 9.18 Å². The minimum Gasteiger partial charge on any atom is -0.478 e. The second-order valence-corrected chi connectivity index (χ2v) is 4.83. The lowest BCUT2D eigenvalue weighted by atomic mass is 9.83. The standard InChI is InChI=1S/C14H17FO2/c1-9-7-11(10-5-3-2-4-6-10)8-12(15)13(9)14(16)17/h7-8,10H,2-6H2,1H3,(H,16,17). The molecule has 3 heteroatoms. The van der Waals surface area contributed by atoms with E-state index in [-0.39, 0.29) is 5.56 Å². The summed E-state index contributed by atoms with van der Waals surface area (Å²) < 4.78 is 13.7. The summed E-state index contributed by atoms with van der Waals surface area (Å²) in [6.45, 7) is 1.67. The number of carboxylic acids is 1. The number of aromatic carboxylic acids is 1. The van der Waals surface area contributed by atoms with E-state index in [0.717, 1.165) is 18.4 Å². The molecule has 92 valence electrons. The number of hydrogen-bond acceptors (Lipinski definition) is 1. The van der Waals surface area contributed by atoms with Gasteiger partial charge < -0.3 is 5.11 Å². The Bertz CT molecular complexity index is 411. The highest BCUT2D eigenvalue weighted by Crippen LogP contribution is 2.34. The lowest BCUT2D eigenvalue weighted by molar-refractivity contribution is 0.0691. The van der Waals surface area contributed by atoms with Gasteiger partial charge in [-0.05, 0) is 42.9 Å². The van der Waals surface area contributed by atoms with E-state index in [4.69, 9.17) is 5.11 Å². The molecule has 0 amide bonds. The van der Waals surface area contributed by atoms with E-state index in [1.54, 1.807) is 6.92 Å². The van der Waals surface area contributed by atoms with E-state index >= 15 is 0 Å². The van der Waals surface area contributed by atoms with Crippen molar-refractivity contribution in [3.8, 4) is 0 Å². The van der Waals surface area contributed by atoms with E-state index < -0.39 is 11.8 Å². The molecule has 1 aromatic carbocycles. The van der Waals surface area contributed by atoms with Gasteiger partial charge in [0.05, 0.1) is 5.56 Å². The summed E-state index contributed by atoms with van der Waals surface area (Å²) in [5, 5.41) is 8.91. The molecule has 0 saturated heterocycles. The zero-order valence-electron chi connectivity index (χ0n) is 10.0. The molecular weight excluding hydrogens is 219 g/mol. The van der Waals surface area contributed by atoms with Gasteiger partial charge in [0.1, 0.15) is 5.82 Å². The smallest absolute Gasteiger partial charge is 0.338 e. The van der Waals surface area contributed by atoms with Crippen molar-refractivity contribution in [1.82, 2.24) is 0 Å². The molecule has 0 atom stereocenters. The number of carboxylic acid groups (broad SMARTS) is 1. The average molecular weight is 236 g/mol. The summed E-state index contributed by atoms with van der Waals surface area (Å²) in [4.78, 5) is 10.9. The lowest BCUT2D eigenvalue weighted by Gasteiger charge is -2.22. The van der Waals surface area contributed by atoms with Crippen LogP contribution < -0.4 is 0 Å². The number of carbonyl (C=O) groups is 1. The maximum Gasteiger partial charge on any atom is 0.338 e. The van der Waals surface area contributed by atoms with Gasteiger partial charge in [-0.15, -0.1) is 0 Å². The molecule has 2 nitrogen and oxygen atoms in total. The van der Waals surface area contributed by atoms with Gasteiger partial charge in [0.2, 0.25) is 0 Å². The maximum atomic E-state index is 13.7. The van der Waals surface area contributed by atoms with Crippen molar-refractivity contribution in [2.24, 2.45) is 0 Å². The highest BCUT2D eigenvalue weighted by molar-refractivity contribution is 5.89. The molecule has 0 heterocycles. The summed E-state index contributed by atoms with van der Waals surface area (Å²) in [6, 6.07) is 3.24. The summed E-state index contributed by atoms with van der Waals surface area (Å²) in [5.41, 5.74) is 1.30. The molecule has 0 aromatic heterocycles. The first kappa shape index (κ1) is 12.1. The van der Waals surface area contributed by atoms with Crippen LogP contribution in [0.15, 0.2) is 12.1 Å². The van der Waals surface area contributed by atoms with Crippen LogP contribution in [-0.4, -0.2) is 11.1 Å². The summed E-state index contributed by atoms with van der Waals surface area (Å²) >= 11 is 0. The van der Waals surface area contributed by atoms with Gasteiger partial charge in [-0.25, -0.2) is 9.18 Å². The quantitative estimate of drug-likeness (QED) is 0.846. The van der Waals surface area contributed by atoms with Crippen LogP contribution >= 0.6 is 0 Å². The minimum atomic E-state index is -1.19. The number of aryl methyl sites for hydroxylation is 1. The Morgan fingerprint density at radius 2 is 1.94 bits per heavy atom. The van der Waals surface area contributed by atoms with Gasteiger partial charge in [0.15, 0.2) is 0 Å². The van der Waals surface area contributed by atoms with Gasteiger partial charge in [0, 0.05) is 0 Å². The minimum absolute atomic E-state index is 0.190. The molecule has 1 aliphatic carbocycles. The fourth-order valence-corrected chi connectivity index (χ4v) is 2.71. The van der Waals surface area contributed by atoms with Gasteiger partial charge >= 0.3 is 5.97 Å². The second kappa shape index (κ2) is 4.86. The van der Waals surface area contributed by atoms with E-state index in [2.05, 4.69) is 0 Å². The normalized spacial score (nSPS) is 17.1. The van der Waals surface area contributed by atoms with Crippen LogP contribution in [0.25, 0.3) is 0 Å². The van der Waals surface area contributed by atoms with Crippen molar-refractivity contribution in [2.45, 2.75) is 44.9 Å². The van der Waals surface area contributed by atoms with Gasteiger partial charge in [-0.2, -0.15) is 0 Å². The molecule has 0 aliphatic heterocycles. The highest BCUT2D eigenvalue weighted by atomic mass is 19.1. The van der Waals surface area contributed by atoms with E-state index in [1.807, 2.05) is 6.07 Å². The number of rotatable bonds is 2. The first-order valence-electron chi connectivity index (χ1n) is 6.13. The second-order valence-electron chi connectivity index (χ2n) is 4.83. The Morgan fingerprint density at radius 3 is 2.47 bits per heavy atom. The van der Waals surface area contributed by atoms with Gasteiger partial charge in [-0.3, -0.25) is 0 Å². The molecule has 0 bridgehead atoms. The lowest BCUT2D eigenvalue weighted by Crippen LogP contribution is -2.09. The number of benzene rings is 1. The van der Waals surface area contributed by atoms with Crippen molar-refractivity contribution in [1.29, 1.82) is 0 Å². The number of halogens is 1. The molecule has 17 heavy (non-hydrogen) atoms. The molecule has 1 N–H and O–H groups in total. The van der Waals surface area contributed by atoms with Crippen molar-refractivity contribution in [3.05, 3.63) is 34.6 Å². The Hall–Kier alpha value is -1.38. The molecule has 0 spiro atoms. The molecular formula is C14H17FO2. The van der Waals surface area contributed by atoms with Crippen LogP contribution in [0.2, 0.25) is 0 Å². The first-order valence-corrected chi connectivity index (χ1v) is 6.13. The summed E-state index contributed by atoms with van der Waals surface area (Å²) in [6.07, 6.45) is 5.81. The Balaban J connectivity index is 2.34. The third-order valence-electron chi connectivity index (χ3n) is 3.60. The Morgan fingerprint density at radius 1 is 1.29 bits per heavy atom. The molecule has 1 fully saturated rings. The Kier molecular flexibility index (Phi) is 3.46. The van der Waals surface area contributed by atoms with Crippen LogP contribution in [0.1, 0.15) is 59.5 Å². The molecule has 0 unspecified atom stereocenters. The maximum absolute atomic E-state index is 13.7. The van der Waals surface area contributed by atoms with Crippen molar-refractivity contribution in [2.75, 3.05) is 0 Å². The van der Waals surface area contributed by atoms with E-state index in [0.29, 0.717) is 11.5 Å². The van der Waals surface area contributed by atoms with Crippen molar-refractivity contribution in [3.63, 3.8) is 0 Å². The third-order valence-corrected chi connectivity index (χ3v) is 3.60. The van der Waals surface area contributed by atoms with Crippen molar-refractivity contribution < 1.29 is 14.3 Å². The average Bonchev–Trinajstić information content (AvgIpc) is 2.28. The summed E-state index contributed by atoms with van der Waals surface area (Å²) in [5.74, 6) is -1.38. The van der Waals surface area contributed by atoms with E-state index in [1.165, 1.54) is 25.3 Å². The van der Waals surface area contributed by atoms with Crippen LogP contribution in [0, 0.1) is 12.7 Å². The van der Waals surface area contributed by atoms with Crippen LogP contribution in [0.5, 0.6) is 0 Å². The molecule has 1 saturated carbocycles. The fourth-order valence-electron chi connectivity index (χ4n) is 2.71. The fraction of sp³-hybridized carbons (Fsp3) is 0.500. The summed E-state index contributed by atoms with van der Waals surface area (Å²) in [7, 11) is 0. The zero-order chi connectivity index (χ0) is 12.4.